The van der Waals surface area contributed by atoms with Gasteiger partial charge in [-0.05, 0) is 30.4 Å². The van der Waals surface area contributed by atoms with E-state index in [1.165, 1.54) is 30.4 Å². The van der Waals surface area contributed by atoms with Crippen molar-refractivity contribution in [3.05, 3.63) is 71.8 Å². The molecule has 0 spiro atoms. The van der Waals surface area contributed by atoms with Crippen LogP contribution in [0.2, 0.25) is 0 Å². The maximum Gasteiger partial charge on any atom is 0.223 e. The summed E-state index contributed by atoms with van der Waals surface area (Å²) in [5.74, 6) is 0.833. The lowest BCUT2D eigenvalue weighted by atomic mass is 9.87. The van der Waals surface area contributed by atoms with E-state index >= 15 is 0 Å². The highest BCUT2D eigenvalue weighted by atomic mass is 16.1. The summed E-state index contributed by atoms with van der Waals surface area (Å²) in [5, 5.41) is 3.18. The molecular formula is C22H27NO. The van der Waals surface area contributed by atoms with Crippen LogP contribution in [0.3, 0.4) is 0 Å². The van der Waals surface area contributed by atoms with E-state index in [4.69, 9.17) is 0 Å². The van der Waals surface area contributed by atoms with E-state index in [-0.39, 0.29) is 11.8 Å². The normalized spacial score (nSPS) is 15.4. The molecule has 0 aliphatic heterocycles. The topological polar surface area (TPSA) is 29.1 Å². The van der Waals surface area contributed by atoms with Crippen LogP contribution < -0.4 is 5.32 Å². The lowest BCUT2D eigenvalue weighted by molar-refractivity contribution is -0.125. The molecule has 1 aliphatic rings. The van der Waals surface area contributed by atoms with Gasteiger partial charge >= 0.3 is 0 Å². The van der Waals surface area contributed by atoms with Gasteiger partial charge in [0.25, 0.3) is 0 Å². The fourth-order valence-corrected chi connectivity index (χ4v) is 3.75. The summed E-state index contributed by atoms with van der Waals surface area (Å²) in [6.07, 6.45) is 6.75. The van der Waals surface area contributed by atoms with E-state index in [1.54, 1.807) is 0 Å². The number of nitrogens with one attached hydrogen (secondary N) is 1. The molecule has 1 saturated carbocycles. The maximum atomic E-state index is 12.3. The van der Waals surface area contributed by atoms with Crippen molar-refractivity contribution < 1.29 is 4.79 Å². The van der Waals surface area contributed by atoms with Crippen LogP contribution in [0.25, 0.3) is 0 Å². The van der Waals surface area contributed by atoms with E-state index < -0.39 is 0 Å². The summed E-state index contributed by atoms with van der Waals surface area (Å²) in [7, 11) is 0. The van der Waals surface area contributed by atoms with Crippen molar-refractivity contribution >= 4 is 5.91 Å². The molecule has 1 N–H and O–H groups in total. The van der Waals surface area contributed by atoms with Gasteiger partial charge in [0.15, 0.2) is 0 Å². The molecule has 24 heavy (non-hydrogen) atoms. The van der Waals surface area contributed by atoms with Gasteiger partial charge in [-0.25, -0.2) is 0 Å². The van der Waals surface area contributed by atoms with Crippen LogP contribution >= 0.6 is 0 Å². The first-order chi connectivity index (χ1) is 11.8. The molecule has 1 aliphatic carbocycles. The molecule has 0 bridgehead atoms. The van der Waals surface area contributed by atoms with Crippen LogP contribution in [0.15, 0.2) is 60.7 Å². The quantitative estimate of drug-likeness (QED) is 0.805. The SMILES string of the molecule is O=C(NCCC(c1ccccc1)c1ccccc1)C1CCCCC1. The van der Waals surface area contributed by atoms with Crippen molar-refractivity contribution in [2.45, 2.75) is 44.4 Å². The van der Waals surface area contributed by atoms with Crippen LogP contribution in [0.1, 0.15) is 55.6 Å². The number of amides is 1. The van der Waals surface area contributed by atoms with Crippen LogP contribution in [0.4, 0.5) is 0 Å². The molecule has 0 heterocycles. The second-order valence-corrected chi connectivity index (χ2v) is 6.79. The first kappa shape index (κ1) is 16.8. The first-order valence-corrected chi connectivity index (χ1v) is 9.22. The predicted octanol–water partition coefficient (Wildman–Crippen LogP) is 4.91. The zero-order valence-electron chi connectivity index (χ0n) is 14.3. The van der Waals surface area contributed by atoms with Crippen molar-refractivity contribution in [1.29, 1.82) is 0 Å². The number of hydrogen-bond acceptors (Lipinski definition) is 1. The molecule has 0 aromatic heterocycles. The highest BCUT2D eigenvalue weighted by molar-refractivity contribution is 5.78. The van der Waals surface area contributed by atoms with Crippen LogP contribution in [-0.2, 0) is 4.79 Å². The minimum Gasteiger partial charge on any atom is -0.356 e. The molecule has 0 unspecified atom stereocenters. The van der Waals surface area contributed by atoms with Gasteiger partial charge in [-0.3, -0.25) is 4.79 Å². The average molecular weight is 321 g/mol. The smallest absolute Gasteiger partial charge is 0.223 e. The molecule has 2 heteroatoms. The van der Waals surface area contributed by atoms with Gasteiger partial charge in [0.2, 0.25) is 5.91 Å². The zero-order chi connectivity index (χ0) is 16.6. The molecule has 1 fully saturated rings. The maximum absolute atomic E-state index is 12.3. The van der Waals surface area contributed by atoms with E-state index in [9.17, 15) is 4.79 Å². The Morgan fingerprint density at radius 3 is 1.96 bits per heavy atom. The van der Waals surface area contributed by atoms with Crippen LogP contribution in [0.5, 0.6) is 0 Å². The largest absolute Gasteiger partial charge is 0.356 e. The minimum absolute atomic E-state index is 0.241. The highest BCUT2D eigenvalue weighted by Crippen LogP contribution is 2.28. The van der Waals surface area contributed by atoms with Crippen molar-refractivity contribution in [3.8, 4) is 0 Å². The molecule has 0 atom stereocenters. The summed E-state index contributed by atoms with van der Waals surface area (Å²) in [6.45, 7) is 0.740. The molecule has 0 radical (unpaired) electrons. The van der Waals surface area contributed by atoms with Crippen LogP contribution in [0, 0.1) is 5.92 Å². The lowest BCUT2D eigenvalue weighted by Gasteiger charge is -2.22. The molecule has 2 aromatic rings. The molecule has 1 amide bonds. The van der Waals surface area contributed by atoms with Crippen molar-refractivity contribution in [3.63, 3.8) is 0 Å². The average Bonchev–Trinajstić information content (AvgIpc) is 2.67. The standard InChI is InChI=1S/C22H27NO/c24-22(20-14-8-3-9-15-20)23-17-16-21(18-10-4-1-5-11-18)19-12-6-2-7-13-19/h1-2,4-7,10-13,20-21H,3,8-9,14-17H2,(H,23,24). The van der Waals surface area contributed by atoms with Gasteiger partial charge in [0, 0.05) is 18.4 Å². The monoisotopic (exact) mass is 321 g/mol. The van der Waals surface area contributed by atoms with Gasteiger partial charge in [0.1, 0.15) is 0 Å². The first-order valence-electron chi connectivity index (χ1n) is 9.22. The van der Waals surface area contributed by atoms with Crippen molar-refractivity contribution in [2.24, 2.45) is 5.92 Å². The van der Waals surface area contributed by atoms with Gasteiger partial charge in [-0.15, -0.1) is 0 Å². The molecule has 0 saturated heterocycles. The van der Waals surface area contributed by atoms with E-state index in [0.29, 0.717) is 5.92 Å². The molecule has 126 valence electrons. The number of carbonyl (C=O) groups excluding carboxylic acids is 1. The van der Waals surface area contributed by atoms with Crippen LogP contribution in [-0.4, -0.2) is 12.5 Å². The lowest BCUT2D eigenvalue weighted by Crippen LogP contribution is -2.33. The van der Waals surface area contributed by atoms with E-state index in [2.05, 4.69) is 66.0 Å². The Kier molecular flexibility index (Phi) is 6.06. The van der Waals surface area contributed by atoms with E-state index in [0.717, 1.165) is 25.8 Å². The number of carbonyl (C=O) groups is 1. The minimum atomic E-state index is 0.241. The third-order valence-corrected chi connectivity index (χ3v) is 5.11. The number of hydrogen-bond donors (Lipinski definition) is 1. The number of benzene rings is 2. The van der Waals surface area contributed by atoms with Gasteiger partial charge in [0.05, 0.1) is 0 Å². The second-order valence-electron chi connectivity index (χ2n) is 6.79. The summed E-state index contributed by atoms with van der Waals surface area (Å²) in [4.78, 5) is 12.3. The van der Waals surface area contributed by atoms with Gasteiger partial charge < -0.3 is 5.32 Å². The molecule has 2 aromatic carbocycles. The second kappa shape index (κ2) is 8.68. The number of rotatable bonds is 6. The van der Waals surface area contributed by atoms with Crippen molar-refractivity contribution in [2.75, 3.05) is 6.54 Å². The highest BCUT2D eigenvalue weighted by Gasteiger charge is 2.21. The Morgan fingerprint density at radius 1 is 0.875 bits per heavy atom. The Morgan fingerprint density at radius 2 is 1.42 bits per heavy atom. The Bertz CT molecular complexity index is 577. The van der Waals surface area contributed by atoms with Gasteiger partial charge in [-0.1, -0.05) is 79.9 Å². The fourth-order valence-electron chi connectivity index (χ4n) is 3.75. The fraction of sp³-hybridized carbons (Fsp3) is 0.409. The molecule has 2 nitrogen and oxygen atoms in total. The van der Waals surface area contributed by atoms with Crippen molar-refractivity contribution in [1.82, 2.24) is 5.32 Å². The predicted molar refractivity (Wildman–Crippen MR) is 98.9 cm³/mol. The Hall–Kier alpha value is -2.09. The summed E-state index contributed by atoms with van der Waals surface area (Å²) >= 11 is 0. The summed E-state index contributed by atoms with van der Waals surface area (Å²) in [5.41, 5.74) is 2.63. The summed E-state index contributed by atoms with van der Waals surface area (Å²) in [6, 6.07) is 21.2. The molecule has 3 rings (SSSR count). The third kappa shape index (κ3) is 4.47. The Labute approximate surface area is 145 Å². The van der Waals surface area contributed by atoms with Gasteiger partial charge in [-0.2, -0.15) is 0 Å². The summed E-state index contributed by atoms with van der Waals surface area (Å²) < 4.78 is 0. The third-order valence-electron chi connectivity index (χ3n) is 5.11. The Balaban J connectivity index is 1.61. The molecular weight excluding hydrogens is 294 g/mol. The van der Waals surface area contributed by atoms with E-state index in [1.807, 2.05) is 0 Å². The zero-order valence-corrected chi connectivity index (χ0v) is 14.3.